The predicted molar refractivity (Wildman–Crippen MR) is 77.5 cm³/mol. The van der Waals surface area contributed by atoms with Crippen LogP contribution in [0.5, 0.6) is 0 Å². The molecular weight excluding hydrogens is 306 g/mol. The Morgan fingerprint density at radius 3 is 2.79 bits per heavy atom. The Bertz CT molecular complexity index is 601. The maximum absolute atomic E-state index is 5.87. The first-order valence-electron chi connectivity index (χ1n) is 6.44. The van der Waals surface area contributed by atoms with Crippen molar-refractivity contribution in [1.82, 2.24) is 20.2 Å². The summed E-state index contributed by atoms with van der Waals surface area (Å²) in [7, 11) is 0. The average Bonchev–Trinajstić information content (AvgIpc) is 3.01. The monoisotopic (exact) mass is 321 g/mol. The molecule has 0 atom stereocenters. The van der Waals surface area contributed by atoms with Crippen LogP contribution >= 0.6 is 15.9 Å². The van der Waals surface area contributed by atoms with Gasteiger partial charge in [-0.1, -0.05) is 28.8 Å². The normalized spacial score (nSPS) is 17.8. The van der Waals surface area contributed by atoms with E-state index in [1.54, 1.807) is 0 Å². The summed E-state index contributed by atoms with van der Waals surface area (Å²) in [5.41, 5.74) is 7.54. The van der Waals surface area contributed by atoms with Crippen LogP contribution in [0.1, 0.15) is 32.6 Å². The molecule has 2 N–H and O–H groups in total. The number of hydrogen-bond acceptors (Lipinski definition) is 4. The number of tetrazole rings is 1. The van der Waals surface area contributed by atoms with E-state index in [0.717, 1.165) is 28.7 Å². The molecule has 1 fully saturated rings. The van der Waals surface area contributed by atoms with Crippen LogP contribution in [-0.2, 0) is 5.54 Å². The van der Waals surface area contributed by atoms with Crippen molar-refractivity contribution in [1.29, 1.82) is 0 Å². The van der Waals surface area contributed by atoms with Crippen LogP contribution < -0.4 is 5.73 Å². The quantitative estimate of drug-likeness (QED) is 0.863. The third kappa shape index (κ3) is 2.14. The summed E-state index contributed by atoms with van der Waals surface area (Å²) in [6, 6.07) is 5.70. The second kappa shape index (κ2) is 4.59. The molecule has 6 heteroatoms. The molecule has 3 rings (SSSR count). The number of aromatic nitrogens is 4. The van der Waals surface area contributed by atoms with Crippen LogP contribution in [0.4, 0.5) is 5.69 Å². The van der Waals surface area contributed by atoms with Gasteiger partial charge < -0.3 is 5.73 Å². The van der Waals surface area contributed by atoms with E-state index in [-0.39, 0.29) is 5.54 Å². The van der Waals surface area contributed by atoms with E-state index < -0.39 is 0 Å². The number of hydrogen-bond donors (Lipinski definition) is 1. The minimum atomic E-state index is 0.0167. The molecule has 1 aliphatic carbocycles. The first-order chi connectivity index (χ1) is 9.10. The van der Waals surface area contributed by atoms with Crippen molar-refractivity contribution < 1.29 is 0 Å². The Labute approximate surface area is 120 Å². The van der Waals surface area contributed by atoms with Crippen LogP contribution in [0.3, 0.4) is 0 Å². The highest BCUT2D eigenvalue weighted by molar-refractivity contribution is 9.10. The van der Waals surface area contributed by atoms with Gasteiger partial charge in [0.15, 0.2) is 5.82 Å². The smallest absolute Gasteiger partial charge is 0.183 e. The maximum Gasteiger partial charge on any atom is 0.183 e. The van der Waals surface area contributed by atoms with Crippen LogP contribution in [0, 0.1) is 0 Å². The molecule has 0 bridgehead atoms. The van der Waals surface area contributed by atoms with Gasteiger partial charge in [0.1, 0.15) is 0 Å². The first kappa shape index (κ1) is 12.6. The molecule has 100 valence electrons. The molecule has 1 heterocycles. The molecular formula is C13H16BrN5. The predicted octanol–water partition coefficient (Wildman–Crippen LogP) is 2.97. The molecule has 1 saturated carbocycles. The van der Waals surface area contributed by atoms with Crippen molar-refractivity contribution in [2.24, 2.45) is 0 Å². The van der Waals surface area contributed by atoms with Crippen LogP contribution in [0.15, 0.2) is 22.7 Å². The van der Waals surface area contributed by atoms with Crippen molar-refractivity contribution in [3.8, 4) is 11.4 Å². The molecule has 1 aromatic heterocycles. The lowest BCUT2D eigenvalue weighted by Gasteiger charge is -2.24. The number of anilines is 1. The van der Waals surface area contributed by atoms with Crippen molar-refractivity contribution in [3.63, 3.8) is 0 Å². The number of rotatable bonds is 2. The molecule has 0 aliphatic heterocycles. The van der Waals surface area contributed by atoms with E-state index in [0.29, 0.717) is 5.69 Å². The van der Waals surface area contributed by atoms with E-state index in [2.05, 4.69) is 38.4 Å². The van der Waals surface area contributed by atoms with Gasteiger partial charge in [-0.25, -0.2) is 4.68 Å². The van der Waals surface area contributed by atoms with Crippen LogP contribution in [0.2, 0.25) is 0 Å². The van der Waals surface area contributed by atoms with Crippen LogP contribution in [0.25, 0.3) is 11.4 Å². The number of benzene rings is 1. The van der Waals surface area contributed by atoms with Gasteiger partial charge in [0.05, 0.1) is 5.54 Å². The second-order valence-electron chi connectivity index (χ2n) is 5.36. The van der Waals surface area contributed by atoms with Gasteiger partial charge in [0.2, 0.25) is 0 Å². The van der Waals surface area contributed by atoms with Crippen molar-refractivity contribution in [2.75, 3.05) is 5.73 Å². The van der Waals surface area contributed by atoms with E-state index in [1.807, 2.05) is 22.9 Å². The van der Waals surface area contributed by atoms with E-state index in [1.165, 1.54) is 12.8 Å². The molecule has 19 heavy (non-hydrogen) atoms. The third-order valence-corrected chi connectivity index (χ3v) is 4.58. The maximum atomic E-state index is 5.87. The largest absolute Gasteiger partial charge is 0.399 e. The first-order valence-corrected chi connectivity index (χ1v) is 7.24. The fraction of sp³-hybridized carbons (Fsp3) is 0.462. The SMILES string of the molecule is CC1(n2nnnc2-c2cc(N)ccc2Br)CCCC1. The summed E-state index contributed by atoms with van der Waals surface area (Å²) in [6.45, 7) is 2.22. The Hall–Kier alpha value is -1.43. The zero-order valence-corrected chi connectivity index (χ0v) is 12.4. The number of nitrogens with two attached hydrogens (primary N) is 1. The highest BCUT2D eigenvalue weighted by Crippen LogP contribution is 2.39. The molecule has 0 spiro atoms. The molecule has 2 aromatic rings. The summed E-state index contributed by atoms with van der Waals surface area (Å²) in [5.74, 6) is 0.781. The standard InChI is InChI=1S/C13H16BrN5/c1-13(6-2-3-7-13)19-12(16-17-18-19)10-8-9(15)4-5-11(10)14/h4-5,8H,2-3,6-7,15H2,1H3. The lowest BCUT2D eigenvalue weighted by Crippen LogP contribution is -2.28. The van der Waals surface area contributed by atoms with E-state index in [4.69, 9.17) is 5.73 Å². The van der Waals surface area contributed by atoms with Gasteiger partial charge in [-0.2, -0.15) is 0 Å². The Balaban J connectivity index is 2.12. The molecule has 0 saturated heterocycles. The van der Waals surface area contributed by atoms with Gasteiger partial charge in [-0.05, 0) is 48.4 Å². The van der Waals surface area contributed by atoms with E-state index >= 15 is 0 Å². The number of nitrogen functional groups attached to an aromatic ring is 1. The topological polar surface area (TPSA) is 69.6 Å². The molecule has 0 radical (unpaired) electrons. The van der Waals surface area contributed by atoms with E-state index in [9.17, 15) is 0 Å². The third-order valence-electron chi connectivity index (χ3n) is 3.89. The molecule has 1 aromatic carbocycles. The summed E-state index contributed by atoms with van der Waals surface area (Å²) in [4.78, 5) is 0. The van der Waals surface area contributed by atoms with Crippen molar-refractivity contribution >= 4 is 21.6 Å². The van der Waals surface area contributed by atoms with Gasteiger partial charge in [-0.3, -0.25) is 0 Å². The average molecular weight is 322 g/mol. The molecule has 1 aliphatic rings. The minimum Gasteiger partial charge on any atom is -0.399 e. The molecule has 0 unspecified atom stereocenters. The van der Waals surface area contributed by atoms with Crippen molar-refractivity contribution in [3.05, 3.63) is 22.7 Å². The van der Waals surface area contributed by atoms with Crippen LogP contribution in [-0.4, -0.2) is 20.2 Å². The zero-order chi connectivity index (χ0) is 13.5. The Morgan fingerprint density at radius 2 is 2.05 bits per heavy atom. The van der Waals surface area contributed by atoms with Gasteiger partial charge in [0, 0.05) is 15.7 Å². The van der Waals surface area contributed by atoms with Crippen molar-refractivity contribution in [2.45, 2.75) is 38.1 Å². The number of nitrogens with zero attached hydrogens (tertiary/aromatic N) is 4. The lowest BCUT2D eigenvalue weighted by molar-refractivity contribution is 0.292. The highest BCUT2D eigenvalue weighted by atomic mass is 79.9. The second-order valence-corrected chi connectivity index (χ2v) is 6.21. The van der Waals surface area contributed by atoms with Gasteiger partial charge in [0.25, 0.3) is 0 Å². The zero-order valence-electron chi connectivity index (χ0n) is 10.8. The summed E-state index contributed by atoms with van der Waals surface area (Å²) >= 11 is 3.55. The summed E-state index contributed by atoms with van der Waals surface area (Å²) < 4.78 is 2.92. The Morgan fingerprint density at radius 1 is 1.32 bits per heavy atom. The molecule has 0 amide bonds. The van der Waals surface area contributed by atoms with Gasteiger partial charge >= 0.3 is 0 Å². The highest BCUT2D eigenvalue weighted by Gasteiger charge is 2.34. The number of halogens is 1. The fourth-order valence-corrected chi connectivity index (χ4v) is 3.21. The lowest BCUT2D eigenvalue weighted by atomic mass is 10.0. The summed E-state index contributed by atoms with van der Waals surface area (Å²) in [5, 5.41) is 12.3. The van der Waals surface area contributed by atoms with Gasteiger partial charge in [-0.15, -0.1) is 5.10 Å². The minimum absolute atomic E-state index is 0.0167. The Kier molecular flexibility index (Phi) is 3.05. The summed E-state index contributed by atoms with van der Waals surface area (Å²) in [6.07, 6.45) is 4.69. The molecule has 5 nitrogen and oxygen atoms in total. The fourth-order valence-electron chi connectivity index (χ4n) is 2.78.